The fraction of sp³-hybridized carbons (Fsp3) is 0.407. The van der Waals surface area contributed by atoms with Crippen molar-refractivity contribution in [2.75, 3.05) is 6.54 Å². The van der Waals surface area contributed by atoms with E-state index in [4.69, 9.17) is 25.8 Å². The van der Waals surface area contributed by atoms with Crippen molar-refractivity contribution < 1.29 is 37.8 Å². The fourth-order valence-corrected chi connectivity index (χ4v) is 4.06. The molecule has 0 saturated carbocycles. The van der Waals surface area contributed by atoms with Crippen molar-refractivity contribution in [1.82, 2.24) is 10.6 Å². The Morgan fingerprint density at radius 1 is 1.08 bits per heavy atom. The van der Waals surface area contributed by atoms with Crippen LogP contribution < -0.4 is 15.4 Å². The van der Waals surface area contributed by atoms with E-state index in [0.29, 0.717) is 16.9 Å². The first-order chi connectivity index (χ1) is 17.6. The summed E-state index contributed by atoms with van der Waals surface area (Å²) in [5.74, 6) is -1.96. The molecule has 0 spiro atoms. The average molecular weight is 549 g/mol. The molecule has 0 aliphatic carbocycles. The van der Waals surface area contributed by atoms with Crippen LogP contribution >= 0.6 is 11.6 Å². The predicted octanol–water partition coefficient (Wildman–Crippen LogP) is 4.76. The number of nitrogens with one attached hydrogen (secondary N) is 2. The van der Waals surface area contributed by atoms with Crippen LogP contribution in [0.1, 0.15) is 73.9 Å². The molecular weight excluding hydrogens is 519 g/mol. The molecule has 2 N–H and O–H groups in total. The SMILES string of the molecule is CC(=O)c1ccc2c(c1)[C@H](NC(=O)c1ccc(F)c(Cl)c1)[C@H](OC(=O)CNC(=O)OC(C)(C)C)C(C)(C)O2. The second-order valence-electron chi connectivity index (χ2n) is 10.4. The van der Waals surface area contributed by atoms with Crippen LogP contribution in [0.2, 0.25) is 5.02 Å². The Bertz CT molecular complexity index is 1270. The normalized spacial score (nSPS) is 17.9. The van der Waals surface area contributed by atoms with Crippen molar-refractivity contribution >= 4 is 35.4 Å². The van der Waals surface area contributed by atoms with Gasteiger partial charge in [0.1, 0.15) is 29.3 Å². The lowest BCUT2D eigenvalue weighted by Crippen LogP contribution is -2.56. The smallest absolute Gasteiger partial charge is 0.408 e. The number of carbonyl (C=O) groups excluding carboxylic acids is 4. The molecule has 1 aliphatic heterocycles. The highest BCUT2D eigenvalue weighted by Gasteiger charge is 2.47. The Morgan fingerprint density at radius 2 is 1.74 bits per heavy atom. The number of benzene rings is 2. The van der Waals surface area contributed by atoms with E-state index in [0.717, 1.165) is 6.07 Å². The quantitative estimate of drug-likeness (QED) is 0.394. The number of carbonyl (C=O) groups is 4. The van der Waals surface area contributed by atoms with Gasteiger partial charge in [0.2, 0.25) is 0 Å². The minimum Gasteiger partial charge on any atom is -0.484 e. The lowest BCUT2D eigenvalue weighted by molar-refractivity contribution is -0.164. The Kier molecular flexibility index (Phi) is 8.36. The number of rotatable bonds is 6. The van der Waals surface area contributed by atoms with Gasteiger partial charge in [0.15, 0.2) is 11.9 Å². The Morgan fingerprint density at radius 3 is 2.34 bits per heavy atom. The van der Waals surface area contributed by atoms with Crippen molar-refractivity contribution in [3.05, 3.63) is 63.9 Å². The molecule has 0 aromatic heterocycles. The molecule has 1 heterocycles. The largest absolute Gasteiger partial charge is 0.484 e. The van der Waals surface area contributed by atoms with E-state index < -0.39 is 53.7 Å². The maximum atomic E-state index is 13.7. The lowest BCUT2D eigenvalue weighted by Gasteiger charge is -2.44. The summed E-state index contributed by atoms with van der Waals surface area (Å²) in [6.45, 7) is 9.27. The van der Waals surface area contributed by atoms with E-state index in [-0.39, 0.29) is 16.4 Å². The number of ether oxygens (including phenoxy) is 3. The van der Waals surface area contributed by atoms with Crippen LogP contribution in [0.5, 0.6) is 5.75 Å². The van der Waals surface area contributed by atoms with Gasteiger partial charge in [-0.3, -0.25) is 14.4 Å². The molecular formula is C27H30ClFN2O7. The van der Waals surface area contributed by atoms with E-state index in [1.165, 1.54) is 19.1 Å². The van der Waals surface area contributed by atoms with Crippen LogP contribution in [0, 0.1) is 5.82 Å². The zero-order chi connectivity index (χ0) is 28.4. The molecule has 0 fully saturated rings. The first-order valence-electron chi connectivity index (χ1n) is 11.8. The molecule has 0 unspecified atom stereocenters. The maximum absolute atomic E-state index is 13.7. The summed E-state index contributed by atoms with van der Waals surface area (Å²) in [6, 6.07) is 7.27. The van der Waals surface area contributed by atoms with Crippen molar-refractivity contribution in [2.45, 2.75) is 64.9 Å². The van der Waals surface area contributed by atoms with Gasteiger partial charge in [-0.25, -0.2) is 9.18 Å². The molecule has 1 aliphatic rings. The second kappa shape index (κ2) is 11.0. The van der Waals surface area contributed by atoms with Crippen LogP contribution in [0.3, 0.4) is 0 Å². The van der Waals surface area contributed by atoms with Crippen LogP contribution in [0.4, 0.5) is 9.18 Å². The third-order valence-corrected chi connectivity index (χ3v) is 5.90. The first kappa shape index (κ1) is 28.9. The van der Waals surface area contributed by atoms with E-state index in [1.807, 2.05) is 0 Å². The second-order valence-corrected chi connectivity index (χ2v) is 10.8. The number of fused-ring (bicyclic) bond motifs is 1. The molecule has 0 bridgehead atoms. The number of alkyl carbamates (subject to hydrolysis) is 1. The average Bonchev–Trinajstić information content (AvgIpc) is 2.79. The number of amides is 2. The van der Waals surface area contributed by atoms with Crippen molar-refractivity contribution in [3.63, 3.8) is 0 Å². The highest BCUT2D eigenvalue weighted by atomic mass is 35.5. The summed E-state index contributed by atoms with van der Waals surface area (Å²) in [5, 5.41) is 4.91. The molecule has 9 nitrogen and oxygen atoms in total. The van der Waals surface area contributed by atoms with Gasteiger partial charge in [0.05, 0.1) is 11.1 Å². The van der Waals surface area contributed by atoms with Gasteiger partial charge in [0, 0.05) is 16.7 Å². The zero-order valence-corrected chi connectivity index (χ0v) is 22.7. The Hall–Kier alpha value is -3.66. The summed E-state index contributed by atoms with van der Waals surface area (Å²) in [4.78, 5) is 50.0. The number of ketones is 1. The van der Waals surface area contributed by atoms with Gasteiger partial charge in [-0.1, -0.05) is 11.6 Å². The van der Waals surface area contributed by atoms with Gasteiger partial charge >= 0.3 is 12.1 Å². The Balaban J connectivity index is 1.93. The number of Topliss-reactive ketones (excluding diaryl/α,β-unsaturated/α-hetero) is 1. The summed E-state index contributed by atoms with van der Waals surface area (Å²) in [6.07, 6.45) is -1.90. The third-order valence-electron chi connectivity index (χ3n) is 5.62. The first-order valence-corrected chi connectivity index (χ1v) is 12.2. The number of esters is 1. The van der Waals surface area contributed by atoms with Crippen LogP contribution in [0.25, 0.3) is 0 Å². The van der Waals surface area contributed by atoms with Crippen LogP contribution in [-0.4, -0.2) is 47.6 Å². The van der Waals surface area contributed by atoms with Crippen LogP contribution in [-0.2, 0) is 14.3 Å². The highest BCUT2D eigenvalue weighted by Crippen LogP contribution is 2.42. The van der Waals surface area contributed by atoms with Crippen molar-refractivity contribution in [2.24, 2.45) is 0 Å². The molecule has 2 amide bonds. The summed E-state index contributed by atoms with van der Waals surface area (Å²) in [7, 11) is 0. The number of hydrogen-bond acceptors (Lipinski definition) is 7. The van der Waals surface area contributed by atoms with Gasteiger partial charge in [-0.05, 0) is 77.9 Å². The van der Waals surface area contributed by atoms with Gasteiger partial charge < -0.3 is 24.8 Å². The monoisotopic (exact) mass is 548 g/mol. The lowest BCUT2D eigenvalue weighted by atomic mass is 9.85. The van der Waals surface area contributed by atoms with Crippen molar-refractivity contribution in [1.29, 1.82) is 0 Å². The van der Waals surface area contributed by atoms with Gasteiger partial charge in [-0.2, -0.15) is 0 Å². The molecule has 2 aromatic carbocycles. The van der Waals surface area contributed by atoms with E-state index in [2.05, 4.69) is 10.6 Å². The molecule has 0 radical (unpaired) electrons. The number of halogens is 2. The third kappa shape index (κ3) is 7.00. The topological polar surface area (TPSA) is 120 Å². The highest BCUT2D eigenvalue weighted by molar-refractivity contribution is 6.31. The van der Waals surface area contributed by atoms with E-state index in [9.17, 15) is 23.6 Å². The number of hydrogen-bond donors (Lipinski definition) is 2. The molecule has 2 aromatic rings. The molecule has 0 saturated heterocycles. The summed E-state index contributed by atoms with van der Waals surface area (Å²) in [5.41, 5.74) is -1.08. The fourth-order valence-electron chi connectivity index (χ4n) is 3.88. The molecule has 2 atom stereocenters. The summed E-state index contributed by atoms with van der Waals surface area (Å²) < 4.78 is 30.6. The van der Waals surface area contributed by atoms with E-state index >= 15 is 0 Å². The molecule has 204 valence electrons. The van der Waals surface area contributed by atoms with Crippen molar-refractivity contribution in [3.8, 4) is 5.75 Å². The zero-order valence-electron chi connectivity index (χ0n) is 21.9. The molecule has 38 heavy (non-hydrogen) atoms. The standard InChI is InChI=1S/C27H30ClFN2O7/c1-14(32)15-8-10-20-17(11-15)22(31-24(34)16-7-9-19(29)18(28)12-16)23(27(5,6)37-20)36-21(33)13-30-25(35)38-26(2,3)4/h7-12,22-23H,13H2,1-6H3,(H,30,35)(H,31,34)/t22-,23-/m0/s1. The molecule has 3 rings (SSSR count). The maximum Gasteiger partial charge on any atom is 0.408 e. The van der Waals surface area contributed by atoms with Gasteiger partial charge in [0.25, 0.3) is 5.91 Å². The van der Waals surface area contributed by atoms with Gasteiger partial charge in [-0.15, -0.1) is 0 Å². The summed E-state index contributed by atoms with van der Waals surface area (Å²) >= 11 is 5.85. The minimum absolute atomic E-state index is 0.0710. The predicted molar refractivity (Wildman–Crippen MR) is 137 cm³/mol. The molecule has 11 heteroatoms. The van der Waals surface area contributed by atoms with Crippen LogP contribution in [0.15, 0.2) is 36.4 Å². The van der Waals surface area contributed by atoms with E-state index in [1.54, 1.807) is 52.8 Å². The minimum atomic E-state index is -1.15. The Labute approximate surface area is 225 Å².